The van der Waals surface area contributed by atoms with E-state index in [-0.39, 0.29) is 6.04 Å². The van der Waals surface area contributed by atoms with E-state index < -0.39 is 0 Å². The van der Waals surface area contributed by atoms with Crippen LogP contribution in [0.3, 0.4) is 0 Å². The van der Waals surface area contributed by atoms with E-state index in [1.165, 1.54) is 0 Å². The van der Waals surface area contributed by atoms with E-state index in [1.54, 1.807) is 6.07 Å². The standard InChI is InChI=1S/C13H15Cl2N3/c1-3-18-8-9(7-17-18)13(16-2)11-5-4-10(14)6-12(11)15/h4-8,13,16H,3H2,1-2H3. The smallest absolute Gasteiger partial charge is 0.0620 e. The van der Waals surface area contributed by atoms with Crippen molar-refractivity contribution in [3.8, 4) is 0 Å². The van der Waals surface area contributed by atoms with E-state index in [9.17, 15) is 0 Å². The Bertz CT molecular complexity index is 537. The molecule has 2 rings (SSSR count). The summed E-state index contributed by atoms with van der Waals surface area (Å²) in [5.74, 6) is 0. The van der Waals surface area contributed by atoms with Crippen LogP contribution < -0.4 is 5.32 Å². The van der Waals surface area contributed by atoms with Gasteiger partial charge in [-0.05, 0) is 31.7 Å². The first-order chi connectivity index (χ1) is 8.65. The average molecular weight is 284 g/mol. The van der Waals surface area contributed by atoms with Crippen molar-refractivity contribution in [2.45, 2.75) is 19.5 Å². The van der Waals surface area contributed by atoms with E-state index in [0.29, 0.717) is 10.0 Å². The molecule has 1 aromatic heterocycles. The number of aromatic nitrogens is 2. The summed E-state index contributed by atoms with van der Waals surface area (Å²) in [5.41, 5.74) is 2.09. The highest BCUT2D eigenvalue weighted by Gasteiger charge is 2.16. The maximum atomic E-state index is 6.24. The van der Waals surface area contributed by atoms with Crippen LogP contribution in [0.15, 0.2) is 30.6 Å². The predicted molar refractivity (Wildman–Crippen MR) is 75.3 cm³/mol. The highest BCUT2D eigenvalue weighted by atomic mass is 35.5. The monoisotopic (exact) mass is 283 g/mol. The summed E-state index contributed by atoms with van der Waals surface area (Å²) in [7, 11) is 1.90. The number of rotatable bonds is 4. The first-order valence-corrected chi connectivity index (χ1v) is 6.56. The molecule has 1 heterocycles. The van der Waals surface area contributed by atoms with Crippen LogP contribution in [0.2, 0.25) is 10.0 Å². The minimum absolute atomic E-state index is 0.0232. The quantitative estimate of drug-likeness (QED) is 0.931. The van der Waals surface area contributed by atoms with Gasteiger partial charge in [-0.3, -0.25) is 4.68 Å². The fourth-order valence-corrected chi connectivity index (χ4v) is 2.46. The van der Waals surface area contributed by atoms with Gasteiger partial charge in [-0.15, -0.1) is 0 Å². The summed E-state index contributed by atoms with van der Waals surface area (Å²) < 4.78 is 1.89. The molecule has 1 unspecified atom stereocenters. The molecule has 1 atom stereocenters. The Morgan fingerprint density at radius 1 is 1.39 bits per heavy atom. The summed E-state index contributed by atoms with van der Waals surface area (Å²) in [6.07, 6.45) is 3.88. The summed E-state index contributed by atoms with van der Waals surface area (Å²) in [4.78, 5) is 0. The van der Waals surface area contributed by atoms with Gasteiger partial charge in [0, 0.05) is 28.4 Å². The maximum absolute atomic E-state index is 6.24. The topological polar surface area (TPSA) is 29.9 Å². The van der Waals surface area contributed by atoms with Gasteiger partial charge in [-0.2, -0.15) is 5.10 Å². The number of hydrogen-bond acceptors (Lipinski definition) is 2. The largest absolute Gasteiger partial charge is 0.309 e. The van der Waals surface area contributed by atoms with Crippen molar-refractivity contribution < 1.29 is 0 Å². The van der Waals surface area contributed by atoms with Crippen molar-refractivity contribution in [3.63, 3.8) is 0 Å². The number of nitrogens with zero attached hydrogens (tertiary/aromatic N) is 2. The molecule has 3 nitrogen and oxygen atoms in total. The zero-order valence-corrected chi connectivity index (χ0v) is 11.8. The summed E-state index contributed by atoms with van der Waals surface area (Å²) in [6.45, 7) is 2.91. The van der Waals surface area contributed by atoms with Gasteiger partial charge in [0.05, 0.1) is 12.2 Å². The van der Waals surface area contributed by atoms with Crippen LogP contribution >= 0.6 is 23.2 Å². The van der Waals surface area contributed by atoms with Crippen molar-refractivity contribution >= 4 is 23.2 Å². The van der Waals surface area contributed by atoms with E-state index >= 15 is 0 Å². The molecular formula is C13H15Cl2N3. The second-order valence-electron chi connectivity index (χ2n) is 4.02. The third-order valence-corrected chi connectivity index (χ3v) is 3.44. The fraction of sp³-hybridized carbons (Fsp3) is 0.308. The van der Waals surface area contributed by atoms with Crippen LogP contribution in [-0.2, 0) is 6.54 Å². The number of hydrogen-bond donors (Lipinski definition) is 1. The Balaban J connectivity index is 2.38. The normalized spacial score (nSPS) is 12.7. The van der Waals surface area contributed by atoms with Gasteiger partial charge < -0.3 is 5.32 Å². The molecular weight excluding hydrogens is 269 g/mol. The molecule has 0 bridgehead atoms. The number of aryl methyl sites for hydroxylation is 1. The highest BCUT2D eigenvalue weighted by molar-refractivity contribution is 6.35. The Hall–Kier alpha value is -1.03. The second kappa shape index (κ2) is 5.74. The predicted octanol–water partition coefficient (Wildman–Crippen LogP) is 3.52. The lowest BCUT2D eigenvalue weighted by atomic mass is 10.0. The number of benzene rings is 1. The first-order valence-electron chi connectivity index (χ1n) is 5.80. The molecule has 0 amide bonds. The zero-order chi connectivity index (χ0) is 13.1. The van der Waals surface area contributed by atoms with E-state index in [2.05, 4.69) is 17.3 Å². The average Bonchev–Trinajstić information content (AvgIpc) is 2.81. The Labute approximate surface area is 117 Å². The zero-order valence-electron chi connectivity index (χ0n) is 10.3. The van der Waals surface area contributed by atoms with Crippen LogP contribution in [0.4, 0.5) is 0 Å². The van der Waals surface area contributed by atoms with E-state index in [1.807, 2.05) is 36.3 Å². The second-order valence-corrected chi connectivity index (χ2v) is 4.86. The van der Waals surface area contributed by atoms with Crippen LogP contribution in [0.5, 0.6) is 0 Å². The summed E-state index contributed by atoms with van der Waals surface area (Å²) >= 11 is 12.2. The van der Waals surface area contributed by atoms with Crippen LogP contribution in [0.1, 0.15) is 24.1 Å². The lowest BCUT2D eigenvalue weighted by molar-refractivity contribution is 0.653. The Morgan fingerprint density at radius 3 is 2.72 bits per heavy atom. The van der Waals surface area contributed by atoms with Crippen LogP contribution in [0, 0.1) is 0 Å². The third-order valence-electron chi connectivity index (χ3n) is 2.87. The molecule has 0 radical (unpaired) electrons. The molecule has 0 saturated heterocycles. The van der Waals surface area contributed by atoms with Gasteiger partial charge in [0.15, 0.2) is 0 Å². The van der Waals surface area contributed by atoms with Crippen molar-refractivity contribution in [1.29, 1.82) is 0 Å². The maximum Gasteiger partial charge on any atom is 0.0620 e. The van der Waals surface area contributed by atoms with Crippen molar-refractivity contribution in [2.24, 2.45) is 0 Å². The Morgan fingerprint density at radius 2 is 2.17 bits per heavy atom. The van der Waals surface area contributed by atoms with Gasteiger partial charge in [0.25, 0.3) is 0 Å². The van der Waals surface area contributed by atoms with Gasteiger partial charge in [0.1, 0.15) is 0 Å². The van der Waals surface area contributed by atoms with Crippen molar-refractivity contribution in [1.82, 2.24) is 15.1 Å². The molecule has 2 aromatic rings. The molecule has 5 heteroatoms. The molecule has 1 N–H and O–H groups in total. The number of halogens is 2. The van der Waals surface area contributed by atoms with Gasteiger partial charge in [-0.25, -0.2) is 0 Å². The lowest BCUT2D eigenvalue weighted by Gasteiger charge is -2.16. The van der Waals surface area contributed by atoms with Crippen LogP contribution in [0.25, 0.3) is 0 Å². The Kier molecular flexibility index (Phi) is 4.27. The fourth-order valence-electron chi connectivity index (χ4n) is 1.94. The van der Waals surface area contributed by atoms with Gasteiger partial charge >= 0.3 is 0 Å². The SMILES string of the molecule is CCn1cc(C(NC)c2ccc(Cl)cc2Cl)cn1. The summed E-state index contributed by atoms with van der Waals surface area (Å²) in [5, 5.41) is 8.84. The van der Waals surface area contributed by atoms with Gasteiger partial charge in [-0.1, -0.05) is 29.3 Å². The lowest BCUT2D eigenvalue weighted by Crippen LogP contribution is -2.17. The molecule has 0 aliphatic heterocycles. The van der Waals surface area contributed by atoms with E-state index in [4.69, 9.17) is 23.2 Å². The van der Waals surface area contributed by atoms with E-state index in [0.717, 1.165) is 17.7 Å². The molecule has 18 heavy (non-hydrogen) atoms. The molecule has 96 valence electrons. The minimum atomic E-state index is 0.0232. The molecule has 1 aromatic carbocycles. The highest BCUT2D eigenvalue weighted by Crippen LogP contribution is 2.30. The first kappa shape index (κ1) is 13.4. The molecule has 0 aliphatic carbocycles. The number of nitrogens with one attached hydrogen (secondary N) is 1. The summed E-state index contributed by atoms with van der Waals surface area (Å²) in [6, 6.07) is 5.56. The van der Waals surface area contributed by atoms with Gasteiger partial charge in [0.2, 0.25) is 0 Å². The molecule has 0 spiro atoms. The molecule has 0 aliphatic rings. The van der Waals surface area contributed by atoms with Crippen molar-refractivity contribution in [3.05, 3.63) is 51.8 Å². The minimum Gasteiger partial charge on any atom is -0.309 e. The van der Waals surface area contributed by atoms with Crippen molar-refractivity contribution in [2.75, 3.05) is 7.05 Å². The molecule has 0 saturated carbocycles. The molecule has 0 fully saturated rings. The third kappa shape index (κ3) is 2.69. The van der Waals surface area contributed by atoms with Crippen LogP contribution in [-0.4, -0.2) is 16.8 Å².